The maximum Gasteiger partial charge on any atom is 0.0372 e. The molecule has 1 fully saturated rings. The van der Waals surface area contributed by atoms with Gasteiger partial charge in [-0.2, -0.15) is 0 Å². The van der Waals surface area contributed by atoms with Crippen molar-refractivity contribution in [3.63, 3.8) is 0 Å². The Morgan fingerprint density at radius 3 is 2.88 bits per heavy atom. The van der Waals surface area contributed by atoms with E-state index >= 15 is 0 Å². The summed E-state index contributed by atoms with van der Waals surface area (Å²) in [6, 6.07) is 7.49. The third-order valence-electron chi connectivity index (χ3n) is 3.26. The van der Waals surface area contributed by atoms with Gasteiger partial charge in [-0.1, -0.05) is 0 Å². The van der Waals surface area contributed by atoms with E-state index in [1.54, 1.807) is 0 Å². The van der Waals surface area contributed by atoms with Crippen LogP contribution in [0.4, 0.5) is 5.69 Å². The highest BCUT2D eigenvalue weighted by molar-refractivity contribution is 14.1. The maximum atomic E-state index is 6.00. The van der Waals surface area contributed by atoms with Crippen LogP contribution in [0.5, 0.6) is 0 Å². The van der Waals surface area contributed by atoms with E-state index in [1.165, 1.54) is 34.1 Å². The summed E-state index contributed by atoms with van der Waals surface area (Å²) >= 11 is 2.35. The number of rotatable bonds is 2. The third kappa shape index (κ3) is 3.10. The quantitative estimate of drug-likeness (QED) is 0.817. The predicted molar refractivity (Wildman–Crippen MR) is 77.8 cm³/mol. The molecule has 0 aliphatic heterocycles. The molecule has 0 radical (unpaired) electrons. The molecule has 0 aromatic heterocycles. The van der Waals surface area contributed by atoms with E-state index < -0.39 is 0 Å². The van der Waals surface area contributed by atoms with Crippen molar-refractivity contribution in [2.75, 3.05) is 5.32 Å². The number of halogens is 1. The van der Waals surface area contributed by atoms with Gasteiger partial charge >= 0.3 is 0 Å². The van der Waals surface area contributed by atoms with Gasteiger partial charge in [0.2, 0.25) is 0 Å². The van der Waals surface area contributed by atoms with Gasteiger partial charge in [0.05, 0.1) is 0 Å². The fourth-order valence-electron chi connectivity index (χ4n) is 2.37. The SMILES string of the molecule is Cc1cc(I)ccc1NC1CCCC(N)C1. The van der Waals surface area contributed by atoms with Crippen molar-refractivity contribution in [1.29, 1.82) is 0 Å². The Hall–Kier alpha value is -0.290. The van der Waals surface area contributed by atoms with Gasteiger partial charge in [-0.25, -0.2) is 0 Å². The van der Waals surface area contributed by atoms with Gasteiger partial charge in [-0.3, -0.25) is 0 Å². The molecule has 1 aliphatic rings. The van der Waals surface area contributed by atoms with Crippen molar-refractivity contribution < 1.29 is 0 Å². The van der Waals surface area contributed by atoms with Gasteiger partial charge in [0.25, 0.3) is 0 Å². The van der Waals surface area contributed by atoms with Crippen molar-refractivity contribution >= 4 is 28.3 Å². The minimum atomic E-state index is 0.385. The molecule has 88 valence electrons. The number of hydrogen-bond acceptors (Lipinski definition) is 2. The Balaban J connectivity index is 2.02. The number of aryl methyl sites for hydroxylation is 1. The van der Waals surface area contributed by atoms with Crippen LogP contribution in [0.2, 0.25) is 0 Å². The largest absolute Gasteiger partial charge is 0.382 e. The lowest BCUT2D eigenvalue weighted by Gasteiger charge is -2.28. The second kappa shape index (κ2) is 5.36. The summed E-state index contributed by atoms with van der Waals surface area (Å²) in [5.74, 6) is 0. The fourth-order valence-corrected chi connectivity index (χ4v) is 3.01. The van der Waals surface area contributed by atoms with Crippen molar-refractivity contribution in [2.45, 2.75) is 44.7 Å². The van der Waals surface area contributed by atoms with E-state index in [4.69, 9.17) is 5.73 Å². The molecule has 1 aromatic rings. The average Bonchev–Trinajstić information content (AvgIpc) is 2.22. The molecule has 0 heterocycles. The van der Waals surface area contributed by atoms with Crippen LogP contribution in [0, 0.1) is 10.5 Å². The highest BCUT2D eigenvalue weighted by Crippen LogP contribution is 2.24. The summed E-state index contributed by atoms with van der Waals surface area (Å²) in [6.45, 7) is 2.16. The summed E-state index contributed by atoms with van der Waals surface area (Å²) in [5.41, 5.74) is 8.59. The first-order valence-corrected chi connectivity index (χ1v) is 7.01. The van der Waals surface area contributed by atoms with Crippen molar-refractivity contribution in [3.8, 4) is 0 Å². The molecule has 2 atom stereocenters. The molecule has 16 heavy (non-hydrogen) atoms. The average molecular weight is 330 g/mol. The Labute approximate surface area is 111 Å². The lowest BCUT2D eigenvalue weighted by Crippen LogP contribution is -2.35. The molecule has 1 aromatic carbocycles. The molecule has 2 rings (SSSR count). The second-order valence-corrected chi connectivity index (χ2v) is 5.97. The van der Waals surface area contributed by atoms with Gasteiger partial charge in [0.15, 0.2) is 0 Å². The third-order valence-corrected chi connectivity index (χ3v) is 3.93. The van der Waals surface area contributed by atoms with Gasteiger partial charge in [0, 0.05) is 21.3 Å². The topological polar surface area (TPSA) is 38.0 Å². The van der Waals surface area contributed by atoms with Crippen LogP contribution in [0.3, 0.4) is 0 Å². The van der Waals surface area contributed by atoms with E-state index in [0.717, 1.165) is 6.42 Å². The maximum absolute atomic E-state index is 6.00. The lowest BCUT2D eigenvalue weighted by atomic mass is 9.91. The van der Waals surface area contributed by atoms with Crippen LogP contribution in [0.15, 0.2) is 18.2 Å². The molecule has 0 saturated heterocycles. The Morgan fingerprint density at radius 2 is 2.19 bits per heavy atom. The Kier molecular flexibility index (Phi) is 4.08. The Morgan fingerprint density at radius 1 is 1.38 bits per heavy atom. The minimum Gasteiger partial charge on any atom is -0.382 e. The Bertz CT molecular complexity index is 365. The van der Waals surface area contributed by atoms with E-state index in [-0.39, 0.29) is 0 Å². The van der Waals surface area contributed by atoms with Gasteiger partial charge in [-0.15, -0.1) is 0 Å². The molecule has 1 saturated carbocycles. The fraction of sp³-hybridized carbons (Fsp3) is 0.538. The first-order chi connectivity index (χ1) is 7.65. The van der Waals surface area contributed by atoms with Crippen LogP contribution in [0.25, 0.3) is 0 Å². The van der Waals surface area contributed by atoms with E-state index in [1.807, 2.05) is 0 Å². The first-order valence-electron chi connectivity index (χ1n) is 5.93. The molecule has 2 unspecified atom stereocenters. The lowest BCUT2D eigenvalue weighted by molar-refractivity contribution is 0.409. The molecule has 2 nitrogen and oxygen atoms in total. The number of nitrogens with one attached hydrogen (secondary N) is 1. The molecule has 0 spiro atoms. The van der Waals surface area contributed by atoms with Crippen LogP contribution in [-0.4, -0.2) is 12.1 Å². The minimum absolute atomic E-state index is 0.385. The molecular weight excluding hydrogens is 311 g/mol. The number of hydrogen-bond donors (Lipinski definition) is 2. The molecule has 1 aliphatic carbocycles. The van der Waals surface area contributed by atoms with Crippen LogP contribution >= 0.6 is 22.6 Å². The summed E-state index contributed by atoms with van der Waals surface area (Å²) in [7, 11) is 0. The smallest absolute Gasteiger partial charge is 0.0372 e. The molecular formula is C13H19IN2. The van der Waals surface area contributed by atoms with Crippen LogP contribution in [-0.2, 0) is 0 Å². The van der Waals surface area contributed by atoms with Crippen molar-refractivity contribution in [1.82, 2.24) is 0 Å². The zero-order valence-corrected chi connectivity index (χ0v) is 11.8. The summed E-state index contributed by atoms with van der Waals surface area (Å²) < 4.78 is 1.29. The summed E-state index contributed by atoms with van der Waals surface area (Å²) in [4.78, 5) is 0. The monoisotopic (exact) mass is 330 g/mol. The number of benzene rings is 1. The second-order valence-electron chi connectivity index (χ2n) is 4.73. The summed E-state index contributed by atoms with van der Waals surface area (Å²) in [6.07, 6.45) is 4.79. The highest BCUT2D eigenvalue weighted by atomic mass is 127. The standard InChI is InChI=1S/C13H19IN2/c1-9-7-10(14)5-6-13(9)16-12-4-2-3-11(15)8-12/h5-7,11-12,16H,2-4,8,15H2,1H3. The van der Waals surface area contributed by atoms with Gasteiger partial charge in [0.1, 0.15) is 0 Å². The zero-order valence-electron chi connectivity index (χ0n) is 9.67. The molecule has 0 bridgehead atoms. The first kappa shape index (κ1) is 12.2. The van der Waals surface area contributed by atoms with Crippen molar-refractivity contribution in [3.05, 3.63) is 27.3 Å². The summed E-state index contributed by atoms with van der Waals surface area (Å²) in [5, 5.41) is 3.62. The number of anilines is 1. The van der Waals surface area contributed by atoms with Crippen LogP contribution in [0.1, 0.15) is 31.2 Å². The van der Waals surface area contributed by atoms with E-state index in [2.05, 4.69) is 53.0 Å². The van der Waals surface area contributed by atoms with Crippen molar-refractivity contribution in [2.24, 2.45) is 5.73 Å². The highest BCUT2D eigenvalue weighted by Gasteiger charge is 2.19. The molecule has 3 N–H and O–H groups in total. The number of nitrogens with two attached hydrogens (primary N) is 1. The molecule has 3 heteroatoms. The van der Waals surface area contributed by atoms with Crippen LogP contribution < -0.4 is 11.1 Å². The predicted octanol–water partition coefficient (Wildman–Crippen LogP) is 3.28. The molecule has 0 amide bonds. The van der Waals surface area contributed by atoms with Gasteiger partial charge < -0.3 is 11.1 Å². The van der Waals surface area contributed by atoms with Gasteiger partial charge in [-0.05, 0) is 79.0 Å². The van der Waals surface area contributed by atoms with E-state index in [9.17, 15) is 0 Å². The van der Waals surface area contributed by atoms with E-state index in [0.29, 0.717) is 12.1 Å². The normalized spacial score (nSPS) is 25.4. The zero-order chi connectivity index (χ0) is 11.5.